The molecule has 1 amide bonds. The van der Waals surface area contributed by atoms with Crippen molar-refractivity contribution in [3.8, 4) is 0 Å². The van der Waals surface area contributed by atoms with Crippen LogP contribution in [-0.2, 0) is 10.4 Å². The molecule has 0 saturated carbocycles. The number of Topliss-reactive ketones (excluding diaryl/α,β-unsaturated/α-hetero) is 1. The van der Waals surface area contributed by atoms with E-state index in [1.165, 1.54) is 11.3 Å². The average Bonchev–Trinajstić information content (AvgIpc) is 2.91. The number of carbonyl (C=O) groups is 2. The summed E-state index contributed by atoms with van der Waals surface area (Å²) < 4.78 is 0. The third-order valence-corrected chi connectivity index (χ3v) is 6.02. The molecule has 0 spiro atoms. The van der Waals surface area contributed by atoms with E-state index >= 15 is 0 Å². The second-order valence-corrected chi connectivity index (χ2v) is 8.12. The summed E-state index contributed by atoms with van der Waals surface area (Å²) >= 11 is 5.89. The van der Waals surface area contributed by atoms with E-state index < -0.39 is 11.5 Å². The Kier molecular flexibility index (Phi) is 5.23. The molecule has 6 heteroatoms. The normalized spacial score (nSPS) is 22.4. The molecule has 2 heterocycles. The summed E-state index contributed by atoms with van der Waals surface area (Å²) in [6.45, 7) is 2.56. The lowest BCUT2D eigenvalue weighted by Gasteiger charge is -2.29. The second kappa shape index (κ2) is 7.66. The number of fused-ring (bicyclic) bond motifs is 1. The number of amides is 1. The maximum absolute atomic E-state index is 13.3. The topological polar surface area (TPSA) is 62.0 Å². The van der Waals surface area contributed by atoms with E-state index in [0.29, 0.717) is 28.5 Å². The van der Waals surface area contributed by atoms with Crippen molar-refractivity contribution in [2.24, 2.45) is 0 Å². The van der Waals surface area contributed by atoms with Crippen molar-refractivity contribution in [3.05, 3.63) is 64.7 Å². The van der Waals surface area contributed by atoms with E-state index in [4.69, 9.17) is 11.6 Å². The highest BCUT2D eigenvalue weighted by molar-refractivity contribution is 6.30. The van der Waals surface area contributed by atoms with E-state index in [1.807, 2.05) is 12.1 Å². The monoisotopic (exact) mass is 399 g/mol. The van der Waals surface area contributed by atoms with Crippen LogP contribution in [-0.4, -0.2) is 36.6 Å². The summed E-state index contributed by atoms with van der Waals surface area (Å²) in [6.07, 6.45) is 3.25. The Morgan fingerprint density at radius 1 is 1.07 bits per heavy atom. The molecule has 146 valence electrons. The number of piperidine rings is 1. The second-order valence-electron chi connectivity index (χ2n) is 7.69. The van der Waals surface area contributed by atoms with Gasteiger partial charge in [0.25, 0.3) is 5.91 Å². The number of likely N-dealkylation sites (tertiary alicyclic amines) is 1. The first-order chi connectivity index (χ1) is 13.5. The molecule has 1 atom stereocenters. The van der Waals surface area contributed by atoms with Crippen LogP contribution in [0.4, 0.5) is 5.69 Å². The molecule has 0 aliphatic carbocycles. The molecule has 1 saturated heterocycles. The Morgan fingerprint density at radius 2 is 1.75 bits per heavy atom. The zero-order valence-corrected chi connectivity index (χ0v) is 16.4. The lowest BCUT2D eigenvalue weighted by molar-refractivity contribution is -0.903. The van der Waals surface area contributed by atoms with Crippen molar-refractivity contribution in [3.63, 3.8) is 0 Å². The molecular formula is C22H24ClN2O3+. The van der Waals surface area contributed by atoms with Gasteiger partial charge in [0.1, 0.15) is 0 Å². The van der Waals surface area contributed by atoms with Crippen LogP contribution in [0, 0.1) is 0 Å². The van der Waals surface area contributed by atoms with Crippen molar-refractivity contribution in [1.82, 2.24) is 0 Å². The number of hydrogen-bond acceptors (Lipinski definition) is 3. The number of quaternary nitrogens is 1. The van der Waals surface area contributed by atoms with Crippen molar-refractivity contribution in [2.45, 2.75) is 31.3 Å². The molecule has 2 aromatic rings. The van der Waals surface area contributed by atoms with E-state index in [9.17, 15) is 14.7 Å². The lowest BCUT2D eigenvalue weighted by Crippen LogP contribution is -3.14. The minimum atomic E-state index is -1.83. The zero-order valence-electron chi connectivity index (χ0n) is 15.7. The Bertz CT molecular complexity index is 893. The first-order valence-corrected chi connectivity index (χ1v) is 10.1. The minimum Gasteiger partial charge on any atom is -0.375 e. The predicted molar refractivity (Wildman–Crippen MR) is 108 cm³/mol. The van der Waals surface area contributed by atoms with Gasteiger partial charge in [-0.1, -0.05) is 29.8 Å². The van der Waals surface area contributed by atoms with E-state index in [2.05, 4.69) is 0 Å². The van der Waals surface area contributed by atoms with Gasteiger partial charge in [-0.15, -0.1) is 0 Å². The zero-order chi connectivity index (χ0) is 19.7. The molecule has 2 aromatic carbocycles. The number of nitrogens with zero attached hydrogens (tertiary/aromatic N) is 1. The average molecular weight is 400 g/mol. The first-order valence-electron chi connectivity index (χ1n) is 9.75. The Balaban J connectivity index is 1.61. The van der Waals surface area contributed by atoms with Crippen molar-refractivity contribution < 1.29 is 19.6 Å². The minimum absolute atomic E-state index is 0.281. The van der Waals surface area contributed by atoms with Crippen LogP contribution < -0.4 is 9.80 Å². The van der Waals surface area contributed by atoms with Crippen molar-refractivity contribution >= 4 is 29.0 Å². The molecule has 2 aliphatic rings. The third kappa shape index (κ3) is 3.46. The quantitative estimate of drug-likeness (QED) is 0.757. The summed E-state index contributed by atoms with van der Waals surface area (Å²) in [5.41, 5.74) is -0.179. The van der Waals surface area contributed by atoms with Gasteiger partial charge in [-0.3, -0.25) is 14.5 Å². The number of para-hydroxylation sites is 1. The van der Waals surface area contributed by atoms with Crippen molar-refractivity contribution in [1.29, 1.82) is 0 Å². The highest BCUT2D eigenvalue weighted by Gasteiger charge is 2.51. The smallest absolute Gasteiger partial charge is 0.268 e. The maximum Gasteiger partial charge on any atom is 0.268 e. The molecule has 0 bridgehead atoms. The molecule has 0 aromatic heterocycles. The van der Waals surface area contributed by atoms with Crippen LogP contribution >= 0.6 is 11.6 Å². The van der Waals surface area contributed by atoms with Crippen LogP contribution in [0.1, 0.15) is 41.6 Å². The Hall–Kier alpha value is -2.21. The summed E-state index contributed by atoms with van der Waals surface area (Å²) in [6, 6.07) is 13.8. The van der Waals surface area contributed by atoms with Gasteiger partial charge in [0.2, 0.25) is 0 Å². The number of rotatable bonds is 5. The first kappa shape index (κ1) is 19.1. The number of carbonyl (C=O) groups excluding carboxylic acids is 2. The van der Waals surface area contributed by atoms with Gasteiger partial charge in [0, 0.05) is 16.1 Å². The third-order valence-electron chi connectivity index (χ3n) is 5.76. The maximum atomic E-state index is 13.3. The number of halogens is 1. The molecule has 4 rings (SSSR count). The van der Waals surface area contributed by atoms with Gasteiger partial charge < -0.3 is 10.0 Å². The van der Waals surface area contributed by atoms with E-state index in [1.54, 1.807) is 41.3 Å². The highest BCUT2D eigenvalue weighted by Crippen LogP contribution is 2.42. The lowest BCUT2D eigenvalue weighted by atomic mass is 9.88. The number of nitrogens with one attached hydrogen (secondary N) is 1. The van der Waals surface area contributed by atoms with E-state index in [0.717, 1.165) is 25.9 Å². The number of benzene rings is 2. The SMILES string of the molecule is O=C(C[C@@]1(O)C(=O)N(C[NH+]2CCCCC2)c2ccccc21)c1ccc(Cl)cc1. The summed E-state index contributed by atoms with van der Waals surface area (Å²) in [7, 11) is 0. The molecule has 28 heavy (non-hydrogen) atoms. The van der Waals surface area contributed by atoms with E-state index in [-0.39, 0.29) is 12.2 Å². The van der Waals surface area contributed by atoms with Crippen LogP contribution in [0.5, 0.6) is 0 Å². The largest absolute Gasteiger partial charge is 0.375 e. The molecule has 2 N–H and O–H groups in total. The number of anilines is 1. The fourth-order valence-electron chi connectivity index (χ4n) is 4.24. The Labute approximate surface area is 169 Å². The van der Waals surface area contributed by atoms with Crippen LogP contribution in [0.15, 0.2) is 48.5 Å². The van der Waals surface area contributed by atoms with Gasteiger partial charge in [-0.05, 0) is 49.6 Å². The number of aliphatic hydroxyl groups is 1. The van der Waals surface area contributed by atoms with Gasteiger partial charge in [-0.25, -0.2) is 0 Å². The number of ketones is 1. The van der Waals surface area contributed by atoms with Crippen LogP contribution in [0.2, 0.25) is 5.02 Å². The molecule has 5 nitrogen and oxygen atoms in total. The molecule has 0 unspecified atom stereocenters. The predicted octanol–water partition coefficient (Wildman–Crippen LogP) is 2.17. The van der Waals surface area contributed by atoms with Crippen molar-refractivity contribution in [2.75, 3.05) is 24.7 Å². The Morgan fingerprint density at radius 3 is 2.46 bits per heavy atom. The summed E-state index contributed by atoms with van der Waals surface area (Å²) in [4.78, 5) is 29.1. The van der Waals surface area contributed by atoms with Gasteiger partial charge in [0.05, 0.1) is 25.2 Å². The van der Waals surface area contributed by atoms with Gasteiger partial charge in [-0.2, -0.15) is 0 Å². The molecule has 0 radical (unpaired) electrons. The van der Waals surface area contributed by atoms with Gasteiger partial charge >= 0.3 is 0 Å². The van der Waals surface area contributed by atoms with Gasteiger partial charge in [0.15, 0.2) is 18.1 Å². The fraction of sp³-hybridized carbons (Fsp3) is 0.364. The standard InChI is InChI=1S/C22H23ClN2O3/c23-17-10-8-16(9-11-17)20(26)14-22(28)18-6-2-3-7-19(18)25(21(22)27)15-24-12-4-1-5-13-24/h2-3,6-11,28H,1,4-5,12-15H2/p+1/t22-/m0/s1. The molecule has 2 aliphatic heterocycles. The molecular weight excluding hydrogens is 376 g/mol. The number of hydrogen-bond donors (Lipinski definition) is 2. The fourth-order valence-corrected chi connectivity index (χ4v) is 4.36. The van der Waals surface area contributed by atoms with Crippen LogP contribution in [0.25, 0.3) is 0 Å². The highest BCUT2D eigenvalue weighted by atomic mass is 35.5. The van der Waals surface area contributed by atoms with Crippen LogP contribution in [0.3, 0.4) is 0 Å². The summed E-state index contributed by atoms with van der Waals surface area (Å²) in [5.74, 6) is -0.691. The molecule has 1 fully saturated rings. The summed E-state index contributed by atoms with van der Waals surface area (Å²) in [5, 5.41) is 11.9.